The first-order valence-electron chi connectivity index (χ1n) is 6.67. The van der Waals surface area contributed by atoms with E-state index >= 15 is 0 Å². The molecule has 1 fully saturated rings. The number of benzene rings is 1. The monoisotopic (exact) mass is 249 g/mol. The van der Waals surface area contributed by atoms with Gasteiger partial charge < -0.3 is 14.8 Å². The lowest BCUT2D eigenvalue weighted by atomic mass is 9.89. The maximum absolute atomic E-state index is 5.43. The number of hydrogen-bond acceptors (Lipinski definition) is 3. The Morgan fingerprint density at radius 1 is 1.17 bits per heavy atom. The molecule has 1 unspecified atom stereocenters. The van der Waals surface area contributed by atoms with Gasteiger partial charge in [0.05, 0.1) is 6.61 Å². The lowest BCUT2D eigenvalue weighted by molar-refractivity contribution is 0.0275. The van der Waals surface area contributed by atoms with Gasteiger partial charge in [0.15, 0.2) is 0 Å². The van der Waals surface area contributed by atoms with Crippen LogP contribution in [0.2, 0.25) is 0 Å². The summed E-state index contributed by atoms with van der Waals surface area (Å²) < 4.78 is 10.6. The molecule has 0 bridgehead atoms. The van der Waals surface area contributed by atoms with E-state index in [4.69, 9.17) is 9.47 Å². The molecule has 1 aliphatic heterocycles. The Balaban J connectivity index is 2.03. The van der Waals surface area contributed by atoms with Crippen molar-refractivity contribution < 1.29 is 9.47 Å². The van der Waals surface area contributed by atoms with Crippen LogP contribution in [0.1, 0.15) is 36.0 Å². The Morgan fingerprint density at radius 3 is 2.39 bits per heavy atom. The molecule has 3 heteroatoms. The zero-order chi connectivity index (χ0) is 12.8. The minimum absolute atomic E-state index is 0.0390. The fourth-order valence-electron chi connectivity index (χ4n) is 2.59. The largest absolute Gasteiger partial charge is 0.382 e. The van der Waals surface area contributed by atoms with Crippen molar-refractivity contribution >= 4 is 0 Å². The van der Waals surface area contributed by atoms with Gasteiger partial charge in [-0.15, -0.1) is 0 Å². The summed E-state index contributed by atoms with van der Waals surface area (Å²) >= 11 is 0. The standard InChI is InChI=1S/C15H23NO2/c1-17-11-15(18-2)14-5-3-12(4-6-14)13-7-9-16-10-8-13/h3-6,13,15-16H,7-11H2,1-2H3. The van der Waals surface area contributed by atoms with Gasteiger partial charge in [-0.2, -0.15) is 0 Å². The highest BCUT2D eigenvalue weighted by molar-refractivity contribution is 5.27. The van der Waals surface area contributed by atoms with Crippen LogP contribution in [0.25, 0.3) is 0 Å². The molecule has 100 valence electrons. The van der Waals surface area contributed by atoms with Crippen molar-refractivity contribution in [3.63, 3.8) is 0 Å². The zero-order valence-corrected chi connectivity index (χ0v) is 11.3. The molecular weight excluding hydrogens is 226 g/mol. The smallest absolute Gasteiger partial charge is 0.105 e. The maximum atomic E-state index is 5.43. The van der Waals surface area contributed by atoms with Crippen molar-refractivity contribution in [1.82, 2.24) is 5.32 Å². The fraction of sp³-hybridized carbons (Fsp3) is 0.600. The van der Waals surface area contributed by atoms with E-state index in [1.165, 1.54) is 24.0 Å². The van der Waals surface area contributed by atoms with Crippen molar-refractivity contribution in [3.8, 4) is 0 Å². The van der Waals surface area contributed by atoms with Crippen LogP contribution >= 0.6 is 0 Å². The predicted octanol–water partition coefficient (Wildman–Crippen LogP) is 2.49. The van der Waals surface area contributed by atoms with E-state index in [1.54, 1.807) is 14.2 Å². The van der Waals surface area contributed by atoms with E-state index < -0.39 is 0 Å². The molecule has 0 aromatic heterocycles. The lowest BCUT2D eigenvalue weighted by Gasteiger charge is -2.23. The zero-order valence-electron chi connectivity index (χ0n) is 11.3. The van der Waals surface area contributed by atoms with Crippen molar-refractivity contribution in [2.24, 2.45) is 0 Å². The molecule has 18 heavy (non-hydrogen) atoms. The Bertz CT molecular complexity index is 320. The molecule has 3 nitrogen and oxygen atoms in total. The quantitative estimate of drug-likeness (QED) is 0.869. The molecule has 0 spiro atoms. The van der Waals surface area contributed by atoms with Gasteiger partial charge in [0.2, 0.25) is 0 Å². The van der Waals surface area contributed by atoms with E-state index in [0.29, 0.717) is 12.5 Å². The van der Waals surface area contributed by atoms with E-state index in [0.717, 1.165) is 13.1 Å². The number of piperidine rings is 1. The van der Waals surface area contributed by atoms with Crippen molar-refractivity contribution in [2.45, 2.75) is 24.9 Å². The highest BCUT2D eigenvalue weighted by atomic mass is 16.5. The van der Waals surface area contributed by atoms with E-state index in [2.05, 4.69) is 29.6 Å². The molecular formula is C15H23NO2. The third kappa shape index (κ3) is 3.31. The third-order valence-corrected chi connectivity index (χ3v) is 3.72. The number of hydrogen-bond donors (Lipinski definition) is 1. The number of nitrogens with one attached hydrogen (secondary N) is 1. The molecule has 1 aliphatic rings. The molecule has 1 aromatic rings. The second kappa shape index (κ2) is 6.88. The molecule has 1 saturated heterocycles. The molecule has 0 aliphatic carbocycles. The number of rotatable bonds is 5. The summed E-state index contributed by atoms with van der Waals surface area (Å²) in [5.41, 5.74) is 2.64. The predicted molar refractivity (Wildman–Crippen MR) is 72.9 cm³/mol. The number of methoxy groups -OCH3 is 2. The topological polar surface area (TPSA) is 30.5 Å². The maximum Gasteiger partial charge on any atom is 0.105 e. The van der Waals surface area contributed by atoms with Crippen molar-refractivity contribution in [2.75, 3.05) is 33.9 Å². The first-order valence-corrected chi connectivity index (χ1v) is 6.67. The summed E-state index contributed by atoms with van der Waals surface area (Å²) in [5.74, 6) is 0.712. The van der Waals surface area contributed by atoms with Crippen LogP contribution < -0.4 is 5.32 Å². The van der Waals surface area contributed by atoms with Crippen LogP contribution in [0, 0.1) is 0 Å². The Labute approximate surface area is 109 Å². The van der Waals surface area contributed by atoms with Crippen LogP contribution in [-0.4, -0.2) is 33.9 Å². The van der Waals surface area contributed by atoms with E-state index in [9.17, 15) is 0 Å². The fourth-order valence-corrected chi connectivity index (χ4v) is 2.59. The SMILES string of the molecule is COCC(OC)c1ccc(C2CCNCC2)cc1. The highest BCUT2D eigenvalue weighted by Crippen LogP contribution is 2.27. The first kappa shape index (κ1) is 13.5. The Kier molecular flexibility index (Phi) is 5.17. The van der Waals surface area contributed by atoms with Gasteiger partial charge >= 0.3 is 0 Å². The van der Waals surface area contributed by atoms with Crippen LogP contribution in [0.5, 0.6) is 0 Å². The summed E-state index contributed by atoms with van der Waals surface area (Å²) in [6, 6.07) is 8.83. The van der Waals surface area contributed by atoms with E-state index in [1.807, 2.05) is 0 Å². The van der Waals surface area contributed by atoms with Crippen LogP contribution in [0.3, 0.4) is 0 Å². The van der Waals surface area contributed by atoms with Gasteiger partial charge in [-0.3, -0.25) is 0 Å². The van der Waals surface area contributed by atoms with Gasteiger partial charge in [-0.1, -0.05) is 24.3 Å². The highest BCUT2D eigenvalue weighted by Gasteiger charge is 2.16. The minimum Gasteiger partial charge on any atom is -0.382 e. The summed E-state index contributed by atoms with van der Waals surface area (Å²) in [7, 11) is 3.43. The minimum atomic E-state index is 0.0390. The molecule has 1 N–H and O–H groups in total. The average Bonchev–Trinajstić information content (AvgIpc) is 2.46. The summed E-state index contributed by atoms with van der Waals surface area (Å²) in [5, 5.41) is 3.40. The molecule has 1 atom stereocenters. The van der Waals surface area contributed by atoms with Gasteiger partial charge in [0.1, 0.15) is 6.10 Å². The van der Waals surface area contributed by atoms with Crippen LogP contribution in [-0.2, 0) is 9.47 Å². The van der Waals surface area contributed by atoms with E-state index in [-0.39, 0.29) is 6.10 Å². The van der Waals surface area contributed by atoms with Crippen LogP contribution in [0.4, 0.5) is 0 Å². The lowest BCUT2D eigenvalue weighted by Crippen LogP contribution is -2.26. The second-order valence-corrected chi connectivity index (χ2v) is 4.87. The molecule has 0 radical (unpaired) electrons. The second-order valence-electron chi connectivity index (χ2n) is 4.87. The molecule has 0 saturated carbocycles. The normalized spacial score (nSPS) is 18.8. The Hall–Kier alpha value is -0.900. The Morgan fingerprint density at radius 2 is 1.83 bits per heavy atom. The van der Waals surface area contributed by atoms with Gasteiger partial charge in [-0.05, 0) is 43.0 Å². The van der Waals surface area contributed by atoms with Gasteiger partial charge in [0.25, 0.3) is 0 Å². The first-order chi connectivity index (χ1) is 8.85. The molecule has 1 aromatic carbocycles. The number of ether oxygens (including phenoxy) is 2. The van der Waals surface area contributed by atoms with Gasteiger partial charge in [-0.25, -0.2) is 0 Å². The summed E-state index contributed by atoms with van der Waals surface area (Å²) in [6.07, 6.45) is 2.52. The molecule has 2 rings (SSSR count). The van der Waals surface area contributed by atoms with Crippen LogP contribution in [0.15, 0.2) is 24.3 Å². The van der Waals surface area contributed by atoms with Gasteiger partial charge in [0, 0.05) is 14.2 Å². The summed E-state index contributed by atoms with van der Waals surface area (Å²) in [4.78, 5) is 0. The third-order valence-electron chi connectivity index (χ3n) is 3.72. The molecule has 0 amide bonds. The van der Waals surface area contributed by atoms with Crippen molar-refractivity contribution in [3.05, 3.63) is 35.4 Å². The summed E-state index contributed by atoms with van der Waals surface area (Å²) in [6.45, 7) is 2.87. The average molecular weight is 249 g/mol. The van der Waals surface area contributed by atoms with Crippen molar-refractivity contribution in [1.29, 1.82) is 0 Å². The molecule has 1 heterocycles.